The van der Waals surface area contributed by atoms with Crippen molar-refractivity contribution in [2.24, 2.45) is 0 Å². The minimum atomic E-state index is 0.450. The van der Waals surface area contributed by atoms with Crippen molar-refractivity contribution in [1.82, 2.24) is 4.90 Å². The monoisotopic (exact) mass is 168 g/mol. The maximum atomic E-state index is 8.41. The van der Waals surface area contributed by atoms with Gasteiger partial charge in [0.25, 0.3) is 0 Å². The molecule has 1 rings (SSSR count). The summed E-state index contributed by atoms with van der Waals surface area (Å²) in [5.41, 5.74) is 0. The highest BCUT2D eigenvalue weighted by Gasteiger charge is 2.15. The van der Waals surface area contributed by atoms with Crippen LogP contribution in [-0.4, -0.2) is 37.7 Å². The van der Waals surface area contributed by atoms with Crippen LogP contribution >= 0.6 is 0 Å². The van der Waals surface area contributed by atoms with Gasteiger partial charge in [-0.3, -0.25) is 4.90 Å². The lowest BCUT2D eigenvalue weighted by atomic mass is 10.2. The van der Waals surface area contributed by atoms with Crippen LogP contribution in [-0.2, 0) is 4.74 Å². The third-order valence-corrected chi connectivity index (χ3v) is 2.20. The first-order valence-electron chi connectivity index (χ1n) is 4.50. The molecule has 1 aliphatic rings. The molecule has 3 nitrogen and oxygen atoms in total. The molecule has 1 atom stereocenters. The van der Waals surface area contributed by atoms with Crippen molar-refractivity contribution in [3.63, 3.8) is 0 Å². The van der Waals surface area contributed by atoms with E-state index < -0.39 is 0 Å². The normalized spacial score (nSPS) is 22.9. The van der Waals surface area contributed by atoms with Crippen molar-refractivity contribution in [1.29, 1.82) is 5.26 Å². The minimum absolute atomic E-state index is 0.450. The van der Waals surface area contributed by atoms with E-state index in [1.54, 1.807) is 0 Å². The van der Waals surface area contributed by atoms with Gasteiger partial charge in [-0.15, -0.1) is 0 Å². The van der Waals surface area contributed by atoms with Gasteiger partial charge in [-0.1, -0.05) is 0 Å². The van der Waals surface area contributed by atoms with Crippen LogP contribution in [0.5, 0.6) is 0 Å². The van der Waals surface area contributed by atoms with Gasteiger partial charge in [-0.2, -0.15) is 5.26 Å². The summed E-state index contributed by atoms with van der Waals surface area (Å²) in [6, 6.07) is 2.13. The predicted octanol–water partition coefficient (Wildman–Crippen LogP) is 1.01. The quantitative estimate of drug-likeness (QED) is 0.588. The van der Waals surface area contributed by atoms with Crippen molar-refractivity contribution in [2.75, 3.05) is 26.7 Å². The highest BCUT2D eigenvalue weighted by Crippen LogP contribution is 2.15. The molecule has 0 aromatic rings. The van der Waals surface area contributed by atoms with E-state index in [4.69, 9.17) is 10.00 Å². The number of nitriles is 1. The van der Waals surface area contributed by atoms with Gasteiger partial charge in [0, 0.05) is 13.2 Å². The molecule has 0 aromatic carbocycles. The molecule has 1 fully saturated rings. The number of rotatable bonds is 4. The van der Waals surface area contributed by atoms with Crippen LogP contribution in [0.25, 0.3) is 0 Å². The fourth-order valence-corrected chi connectivity index (χ4v) is 1.44. The van der Waals surface area contributed by atoms with Crippen LogP contribution in [0.3, 0.4) is 0 Å². The van der Waals surface area contributed by atoms with Crippen LogP contribution in [0.4, 0.5) is 0 Å². The van der Waals surface area contributed by atoms with Crippen molar-refractivity contribution in [2.45, 2.75) is 25.4 Å². The third-order valence-electron chi connectivity index (χ3n) is 2.20. The zero-order chi connectivity index (χ0) is 8.81. The van der Waals surface area contributed by atoms with E-state index in [2.05, 4.69) is 6.07 Å². The molecule has 0 bridgehead atoms. The molecular weight excluding hydrogens is 152 g/mol. The van der Waals surface area contributed by atoms with Crippen molar-refractivity contribution in [3.05, 3.63) is 0 Å². The second-order valence-corrected chi connectivity index (χ2v) is 3.32. The van der Waals surface area contributed by atoms with Gasteiger partial charge in [0.15, 0.2) is 0 Å². The zero-order valence-electron chi connectivity index (χ0n) is 7.62. The summed E-state index contributed by atoms with van der Waals surface area (Å²) >= 11 is 0. The fraction of sp³-hybridized carbons (Fsp3) is 0.889. The molecule has 1 saturated heterocycles. The van der Waals surface area contributed by atoms with Gasteiger partial charge in [0.1, 0.15) is 0 Å². The summed E-state index contributed by atoms with van der Waals surface area (Å²) < 4.78 is 5.47. The average Bonchev–Trinajstić information content (AvgIpc) is 2.53. The van der Waals surface area contributed by atoms with Gasteiger partial charge < -0.3 is 4.74 Å². The van der Waals surface area contributed by atoms with Gasteiger partial charge in [0.05, 0.1) is 18.7 Å². The molecular formula is C9H16N2O. The molecule has 1 unspecified atom stereocenters. The summed E-state index contributed by atoms with van der Waals surface area (Å²) in [4.78, 5) is 2.03. The van der Waals surface area contributed by atoms with Crippen LogP contribution in [0.15, 0.2) is 0 Å². The first kappa shape index (κ1) is 9.50. The lowest BCUT2D eigenvalue weighted by molar-refractivity contribution is 0.0963. The predicted molar refractivity (Wildman–Crippen MR) is 46.7 cm³/mol. The van der Waals surface area contributed by atoms with E-state index in [1.807, 2.05) is 11.9 Å². The van der Waals surface area contributed by atoms with Gasteiger partial charge >= 0.3 is 0 Å². The Labute approximate surface area is 73.9 Å². The lowest BCUT2D eigenvalue weighted by Gasteiger charge is -2.15. The lowest BCUT2D eigenvalue weighted by Crippen LogP contribution is -2.23. The first-order chi connectivity index (χ1) is 5.83. The van der Waals surface area contributed by atoms with Gasteiger partial charge in [-0.05, 0) is 26.3 Å². The molecule has 12 heavy (non-hydrogen) atoms. The van der Waals surface area contributed by atoms with E-state index in [1.165, 1.54) is 12.8 Å². The van der Waals surface area contributed by atoms with Crippen molar-refractivity contribution in [3.8, 4) is 6.07 Å². The second-order valence-electron chi connectivity index (χ2n) is 3.32. The summed E-state index contributed by atoms with van der Waals surface area (Å²) in [6.07, 6.45) is 3.91. The topological polar surface area (TPSA) is 36.3 Å². The highest BCUT2D eigenvalue weighted by atomic mass is 16.5. The molecule has 0 spiro atoms. The number of hydrogen-bond acceptors (Lipinski definition) is 3. The van der Waals surface area contributed by atoms with Crippen LogP contribution in [0.2, 0.25) is 0 Å². The van der Waals surface area contributed by atoms with Crippen molar-refractivity contribution < 1.29 is 4.74 Å². The molecule has 0 aliphatic carbocycles. The Kier molecular flexibility index (Phi) is 4.06. The Hall–Kier alpha value is -0.590. The Balaban J connectivity index is 2.04. The van der Waals surface area contributed by atoms with Crippen molar-refractivity contribution >= 4 is 0 Å². The smallest absolute Gasteiger partial charge is 0.0863 e. The SMILES string of the molecule is CN(CC#N)CCC1CCCO1. The minimum Gasteiger partial charge on any atom is -0.378 e. The third kappa shape index (κ3) is 3.21. The maximum Gasteiger partial charge on any atom is 0.0863 e. The molecule has 3 heteroatoms. The van der Waals surface area contributed by atoms with Crippen LogP contribution in [0.1, 0.15) is 19.3 Å². The largest absolute Gasteiger partial charge is 0.378 e. The Bertz CT molecular complexity index is 158. The molecule has 0 saturated carbocycles. The number of hydrogen-bond donors (Lipinski definition) is 0. The highest BCUT2D eigenvalue weighted by molar-refractivity contribution is 4.75. The molecule has 0 N–H and O–H groups in total. The molecule has 0 amide bonds. The Morgan fingerprint density at radius 3 is 3.08 bits per heavy atom. The summed E-state index contributed by atoms with van der Waals surface area (Å²) in [5, 5.41) is 8.41. The van der Waals surface area contributed by atoms with Gasteiger partial charge in [-0.25, -0.2) is 0 Å². The number of nitrogens with zero attached hydrogens (tertiary/aromatic N) is 2. The van der Waals surface area contributed by atoms with E-state index in [0.717, 1.165) is 19.6 Å². The zero-order valence-corrected chi connectivity index (χ0v) is 7.62. The maximum absolute atomic E-state index is 8.41. The molecule has 1 aliphatic heterocycles. The van der Waals surface area contributed by atoms with Gasteiger partial charge in [0.2, 0.25) is 0 Å². The molecule has 1 heterocycles. The van der Waals surface area contributed by atoms with E-state index >= 15 is 0 Å². The van der Waals surface area contributed by atoms with E-state index in [9.17, 15) is 0 Å². The summed E-state index contributed by atoms with van der Waals surface area (Å²) in [6.45, 7) is 2.41. The first-order valence-corrected chi connectivity index (χ1v) is 4.50. The summed E-state index contributed by atoms with van der Waals surface area (Å²) in [5.74, 6) is 0. The Morgan fingerprint density at radius 2 is 2.50 bits per heavy atom. The summed E-state index contributed by atoms with van der Waals surface area (Å²) in [7, 11) is 1.97. The Morgan fingerprint density at radius 1 is 1.67 bits per heavy atom. The molecule has 0 radical (unpaired) electrons. The second kappa shape index (κ2) is 5.13. The fourth-order valence-electron chi connectivity index (χ4n) is 1.44. The van der Waals surface area contributed by atoms with E-state index in [0.29, 0.717) is 12.6 Å². The molecule has 0 aromatic heterocycles. The van der Waals surface area contributed by atoms with Crippen LogP contribution in [0, 0.1) is 11.3 Å². The number of ether oxygens (including phenoxy) is 1. The molecule has 68 valence electrons. The van der Waals surface area contributed by atoms with Crippen LogP contribution < -0.4 is 0 Å². The average molecular weight is 168 g/mol. The van der Waals surface area contributed by atoms with E-state index in [-0.39, 0.29) is 0 Å². The standard InChI is InChI=1S/C9H16N2O/c1-11(7-5-10)6-4-9-3-2-8-12-9/h9H,2-4,6-8H2,1H3.